The molecule has 2 aliphatic carbocycles. The molecule has 0 aromatic carbocycles. The average molecular weight is 238 g/mol. The number of carbonyl (C=O) groups is 1. The summed E-state index contributed by atoms with van der Waals surface area (Å²) in [7, 11) is 1.79. The number of rotatable bonds is 1. The first-order chi connectivity index (χ1) is 7.95. The van der Waals surface area contributed by atoms with Crippen LogP contribution < -0.4 is 0 Å². The van der Waals surface area contributed by atoms with E-state index in [1.54, 1.807) is 7.11 Å². The number of cyclic esters (lactones) is 1. The molecule has 3 aliphatic rings. The lowest BCUT2D eigenvalue weighted by molar-refractivity contribution is -0.145. The molecule has 3 fully saturated rings. The van der Waals surface area contributed by atoms with Crippen molar-refractivity contribution in [1.82, 2.24) is 0 Å². The molecule has 3 nitrogen and oxygen atoms in total. The fourth-order valence-electron chi connectivity index (χ4n) is 4.79. The Balaban J connectivity index is 1.94. The lowest BCUT2D eigenvalue weighted by Crippen LogP contribution is -2.45. The minimum Gasteiger partial charge on any atom is -0.465 e. The standard InChI is InChI=1S/C14H22O3/c1-14(2,3)11-7-5-8(12(11)16-4)10-9(7)6-17-13(10)15/h7-12H,5-6H2,1-4H3. The van der Waals surface area contributed by atoms with E-state index in [2.05, 4.69) is 20.8 Å². The van der Waals surface area contributed by atoms with Crippen molar-refractivity contribution in [3.63, 3.8) is 0 Å². The number of carbonyl (C=O) groups excluding carboxylic acids is 1. The second-order valence-electron chi connectivity index (χ2n) is 6.98. The van der Waals surface area contributed by atoms with Crippen LogP contribution in [-0.4, -0.2) is 25.8 Å². The van der Waals surface area contributed by atoms with E-state index in [1.165, 1.54) is 0 Å². The third-order valence-electron chi connectivity index (χ3n) is 5.22. The third kappa shape index (κ3) is 1.41. The van der Waals surface area contributed by atoms with Gasteiger partial charge in [-0.3, -0.25) is 4.79 Å². The van der Waals surface area contributed by atoms with Gasteiger partial charge in [0.1, 0.15) is 0 Å². The second-order valence-corrected chi connectivity index (χ2v) is 6.98. The molecule has 17 heavy (non-hydrogen) atoms. The van der Waals surface area contributed by atoms with E-state index in [9.17, 15) is 4.79 Å². The minimum atomic E-state index is 0.0249. The molecular weight excluding hydrogens is 216 g/mol. The molecule has 6 unspecified atom stereocenters. The maximum atomic E-state index is 11.8. The second kappa shape index (κ2) is 3.47. The van der Waals surface area contributed by atoms with Crippen molar-refractivity contribution in [3.8, 4) is 0 Å². The lowest BCUT2D eigenvalue weighted by Gasteiger charge is -2.42. The highest BCUT2D eigenvalue weighted by molar-refractivity contribution is 5.76. The summed E-state index contributed by atoms with van der Waals surface area (Å²) in [4.78, 5) is 11.8. The van der Waals surface area contributed by atoms with Gasteiger partial charge < -0.3 is 9.47 Å². The zero-order valence-electron chi connectivity index (χ0n) is 11.1. The fourth-order valence-corrected chi connectivity index (χ4v) is 4.79. The van der Waals surface area contributed by atoms with Gasteiger partial charge in [-0.05, 0) is 29.6 Å². The van der Waals surface area contributed by atoms with E-state index in [0.29, 0.717) is 30.3 Å². The molecule has 0 aromatic heterocycles. The van der Waals surface area contributed by atoms with Crippen molar-refractivity contribution in [2.75, 3.05) is 13.7 Å². The van der Waals surface area contributed by atoms with Gasteiger partial charge in [0.05, 0.1) is 18.6 Å². The molecule has 2 bridgehead atoms. The molecule has 2 saturated carbocycles. The topological polar surface area (TPSA) is 35.5 Å². The number of hydrogen-bond acceptors (Lipinski definition) is 3. The molecule has 1 aliphatic heterocycles. The molecule has 6 atom stereocenters. The molecule has 0 radical (unpaired) electrons. The normalized spacial score (nSPS) is 48.4. The lowest BCUT2D eigenvalue weighted by atomic mass is 9.64. The molecule has 0 aromatic rings. The predicted octanol–water partition coefficient (Wildman–Crippen LogP) is 2.10. The summed E-state index contributed by atoms with van der Waals surface area (Å²) in [5.41, 5.74) is 0.247. The van der Waals surface area contributed by atoms with Gasteiger partial charge in [0.2, 0.25) is 0 Å². The van der Waals surface area contributed by atoms with Crippen molar-refractivity contribution in [3.05, 3.63) is 0 Å². The Morgan fingerprint density at radius 3 is 2.53 bits per heavy atom. The Hall–Kier alpha value is -0.570. The van der Waals surface area contributed by atoms with Crippen LogP contribution in [0.25, 0.3) is 0 Å². The van der Waals surface area contributed by atoms with E-state index in [4.69, 9.17) is 9.47 Å². The highest BCUT2D eigenvalue weighted by Crippen LogP contribution is 2.62. The van der Waals surface area contributed by atoms with Gasteiger partial charge in [-0.2, -0.15) is 0 Å². The summed E-state index contributed by atoms with van der Waals surface area (Å²) >= 11 is 0. The number of hydrogen-bond donors (Lipinski definition) is 0. The zero-order valence-corrected chi connectivity index (χ0v) is 11.1. The first-order valence-corrected chi connectivity index (χ1v) is 6.64. The van der Waals surface area contributed by atoms with E-state index >= 15 is 0 Å². The summed E-state index contributed by atoms with van der Waals surface area (Å²) in [5, 5.41) is 0. The summed E-state index contributed by atoms with van der Waals surface area (Å²) in [6.45, 7) is 7.51. The van der Waals surface area contributed by atoms with Gasteiger partial charge in [-0.15, -0.1) is 0 Å². The maximum absolute atomic E-state index is 11.8. The molecule has 0 N–H and O–H groups in total. The number of esters is 1. The van der Waals surface area contributed by atoms with E-state index in [-0.39, 0.29) is 23.4 Å². The van der Waals surface area contributed by atoms with Gasteiger partial charge >= 0.3 is 5.97 Å². The maximum Gasteiger partial charge on any atom is 0.309 e. The van der Waals surface area contributed by atoms with E-state index in [0.717, 1.165) is 6.42 Å². The van der Waals surface area contributed by atoms with Crippen LogP contribution in [0.15, 0.2) is 0 Å². The van der Waals surface area contributed by atoms with Crippen LogP contribution in [0.3, 0.4) is 0 Å². The molecule has 0 amide bonds. The predicted molar refractivity (Wildman–Crippen MR) is 63.3 cm³/mol. The van der Waals surface area contributed by atoms with Crippen molar-refractivity contribution in [2.24, 2.45) is 35.0 Å². The number of fused-ring (bicyclic) bond motifs is 5. The van der Waals surface area contributed by atoms with Crippen LogP contribution in [0.5, 0.6) is 0 Å². The summed E-state index contributed by atoms with van der Waals surface area (Å²) in [5.74, 6) is 2.19. The summed E-state index contributed by atoms with van der Waals surface area (Å²) in [6, 6.07) is 0. The van der Waals surface area contributed by atoms with Crippen LogP contribution in [0.2, 0.25) is 0 Å². The fraction of sp³-hybridized carbons (Fsp3) is 0.929. The first kappa shape index (κ1) is 11.5. The zero-order chi connectivity index (χ0) is 12.4. The van der Waals surface area contributed by atoms with Crippen LogP contribution in [-0.2, 0) is 14.3 Å². The molecule has 3 rings (SSSR count). The van der Waals surface area contributed by atoms with Crippen LogP contribution >= 0.6 is 0 Å². The van der Waals surface area contributed by atoms with Crippen LogP contribution in [0, 0.1) is 35.0 Å². The van der Waals surface area contributed by atoms with Gasteiger partial charge in [0.25, 0.3) is 0 Å². The largest absolute Gasteiger partial charge is 0.465 e. The molecule has 1 heterocycles. The van der Waals surface area contributed by atoms with Gasteiger partial charge in [0.15, 0.2) is 0 Å². The van der Waals surface area contributed by atoms with Crippen molar-refractivity contribution in [1.29, 1.82) is 0 Å². The molecule has 1 saturated heterocycles. The number of ether oxygens (including phenoxy) is 2. The van der Waals surface area contributed by atoms with Gasteiger partial charge in [-0.25, -0.2) is 0 Å². The molecule has 0 spiro atoms. The highest BCUT2D eigenvalue weighted by atomic mass is 16.5. The smallest absolute Gasteiger partial charge is 0.309 e. The summed E-state index contributed by atoms with van der Waals surface area (Å²) in [6.07, 6.45) is 1.40. The third-order valence-corrected chi connectivity index (χ3v) is 5.22. The van der Waals surface area contributed by atoms with E-state index in [1.807, 2.05) is 0 Å². The minimum absolute atomic E-state index is 0.0249. The summed E-state index contributed by atoms with van der Waals surface area (Å²) < 4.78 is 11.0. The Labute approximate surface area is 103 Å². The van der Waals surface area contributed by atoms with Crippen molar-refractivity contribution in [2.45, 2.75) is 33.3 Å². The van der Waals surface area contributed by atoms with Gasteiger partial charge in [0, 0.05) is 13.0 Å². The highest BCUT2D eigenvalue weighted by Gasteiger charge is 2.65. The monoisotopic (exact) mass is 238 g/mol. The molecule has 96 valence electrons. The Morgan fingerprint density at radius 1 is 1.24 bits per heavy atom. The Morgan fingerprint density at radius 2 is 1.94 bits per heavy atom. The Bertz CT molecular complexity index is 344. The Kier molecular flexibility index (Phi) is 2.35. The van der Waals surface area contributed by atoms with Gasteiger partial charge in [-0.1, -0.05) is 20.8 Å². The van der Waals surface area contributed by atoms with Crippen molar-refractivity contribution < 1.29 is 14.3 Å². The first-order valence-electron chi connectivity index (χ1n) is 6.64. The van der Waals surface area contributed by atoms with Crippen LogP contribution in [0.4, 0.5) is 0 Å². The molecule has 3 heteroatoms. The number of methoxy groups -OCH3 is 1. The van der Waals surface area contributed by atoms with Crippen molar-refractivity contribution >= 4 is 5.97 Å². The quantitative estimate of drug-likeness (QED) is 0.656. The van der Waals surface area contributed by atoms with E-state index < -0.39 is 0 Å². The molecular formula is C14H22O3. The van der Waals surface area contributed by atoms with Crippen LogP contribution in [0.1, 0.15) is 27.2 Å². The SMILES string of the molecule is COC1C2CC(C3COC(=O)C32)C1C(C)(C)C. The average Bonchev–Trinajstić information content (AvgIpc) is 2.86.